The molecule has 0 fully saturated rings. The van der Waals surface area contributed by atoms with Gasteiger partial charge in [-0.2, -0.15) is 0 Å². The zero-order chi connectivity index (χ0) is 9.12. The van der Waals surface area contributed by atoms with Crippen molar-refractivity contribution in [1.82, 2.24) is 0 Å². The van der Waals surface area contributed by atoms with Crippen LogP contribution >= 0.6 is 15.9 Å². The molecule has 0 radical (unpaired) electrons. The SMILES string of the molecule is CCCC(C)(C)CC(C)(C)Br. The zero-order valence-electron chi connectivity index (χ0n) is 8.50. The van der Waals surface area contributed by atoms with E-state index >= 15 is 0 Å². The topological polar surface area (TPSA) is 0 Å². The number of hydrogen-bond acceptors (Lipinski definition) is 0. The fourth-order valence-electron chi connectivity index (χ4n) is 1.90. The lowest BCUT2D eigenvalue weighted by Gasteiger charge is -2.30. The first-order valence-electron chi connectivity index (χ1n) is 4.46. The minimum absolute atomic E-state index is 0.297. The molecular formula is C10H21Br. The van der Waals surface area contributed by atoms with E-state index in [1.807, 2.05) is 0 Å². The van der Waals surface area contributed by atoms with Crippen LogP contribution in [0.1, 0.15) is 53.9 Å². The third-order valence-electron chi connectivity index (χ3n) is 1.83. The Hall–Kier alpha value is 0.480. The molecule has 0 bridgehead atoms. The molecule has 68 valence electrons. The van der Waals surface area contributed by atoms with Gasteiger partial charge in [0.05, 0.1) is 0 Å². The average molecular weight is 221 g/mol. The summed E-state index contributed by atoms with van der Waals surface area (Å²) in [5.74, 6) is 0. The van der Waals surface area contributed by atoms with Crippen LogP contribution in [0.4, 0.5) is 0 Å². The first-order valence-corrected chi connectivity index (χ1v) is 5.25. The number of hydrogen-bond donors (Lipinski definition) is 0. The molecule has 0 aliphatic heterocycles. The maximum atomic E-state index is 3.68. The van der Waals surface area contributed by atoms with Gasteiger partial charge < -0.3 is 0 Å². The van der Waals surface area contributed by atoms with Gasteiger partial charge in [0.2, 0.25) is 0 Å². The highest BCUT2D eigenvalue weighted by Gasteiger charge is 2.25. The summed E-state index contributed by atoms with van der Waals surface area (Å²) in [4.78, 5) is 0. The Morgan fingerprint density at radius 3 is 1.82 bits per heavy atom. The van der Waals surface area contributed by atoms with Gasteiger partial charge in [-0.3, -0.25) is 0 Å². The fraction of sp³-hybridized carbons (Fsp3) is 1.00. The molecule has 0 aliphatic carbocycles. The standard InChI is InChI=1S/C10H21Br/c1-6-7-9(2,3)8-10(4,5)11/h6-8H2,1-5H3. The van der Waals surface area contributed by atoms with Gasteiger partial charge in [0, 0.05) is 4.32 Å². The first kappa shape index (κ1) is 11.5. The molecule has 0 aromatic heterocycles. The highest BCUT2D eigenvalue weighted by Crippen LogP contribution is 2.36. The van der Waals surface area contributed by atoms with Crippen LogP contribution in [0.2, 0.25) is 0 Å². The van der Waals surface area contributed by atoms with Crippen molar-refractivity contribution < 1.29 is 0 Å². The lowest BCUT2D eigenvalue weighted by Crippen LogP contribution is -2.22. The van der Waals surface area contributed by atoms with Crippen LogP contribution in [0.25, 0.3) is 0 Å². The van der Waals surface area contributed by atoms with Gasteiger partial charge in [0.15, 0.2) is 0 Å². The number of rotatable bonds is 4. The Labute approximate surface area is 79.9 Å². The molecule has 1 heteroatoms. The van der Waals surface area contributed by atoms with Crippen molar-refractivity contribution in [3.05, 3.63) is 0 Å². The molecule has 0 saturated carbocycles. The molecule has 0 saturated heterocycles. The third-order valence-corrected chi connectivity index (χ3v) is 2.11. The van der Waals surface area contributed by atoms with E-state index in [4.69, 9.17) is 0 Å². The van der Waals surface area contributed by atoms with E-state index in [0.29, 0.717) is 9.74 Å². The van der Waals surface area contributed by atoms with Crippen LogP contribution in [-0.4, -0.2) is 4.32 Å². The van der Waals surface area contributed by atoms with E-state index in [0.717, 1.165) is 0 Å². The predicted octanol–water partition coefficient (Wildman–Crippen LogP) is 4.38. The summed E-state index contributed by atoms with van der Waals surface area (Å²) >= 11 is 3.68. The molecule has 0 rings (SSSR count). The normalized spacial score (nSPS) is 13.6. The van der Waals surface area contributed by atoms with Gasteiger partial charge in [-0.15, -0.1) is 0 Å². The predicted molar refractivity (Wildman–Crippen MR) is 56.3 cm³/mol. The van der Waals surface area contributed by atoms with Gasteiger partial charge in [-0.1, -0.05) is 57.0 Å². The Bertz CT molecular complexity index is 109. The fourth-order valence-corrected chi connectivity index (χ4v) is 2.66. The molecule has 0 amide bonds. The zero-order valence-corrected chi connectivity index (χ0v) is 10.1. The van der Waals surface area contributed by atoms with Gasteiger partial charge in [0.25, 0.3) is 0 Å². The smallest absolute Gasteiger partial charge is 0.0206 e. The van der Waals surface area contributed by atoms with E-state index in [2.05, 4.69) is 50.5 Å². The molecule has 0 aromatic rings. The summed E-state index contributed by atoms with van der Waals surface area (Å²) in [6.45, 7) is 11.4. The number of alkyl halides is 1. The largest absolute Gasteiger partial charge is 0.0859 e. The third kappa shape index (κ3) is 6.86. The van der Waals surface area contributed by atoms with Crippen LogP contribution in [0.5, 0.6) is 0 Å². The molecular weight excluding hydrogens is 200 g/mol. The Balaban J connectivity index is 3.91. The Morgan fingerprint density at radius 2 is 1.55 bits per heavy atom. The van der Waals surface area contributed by atoms with Crippen molar-refractivity contribution in [2.24, 2.45) is 5.41 Å². The van der Waals surface area contributed by atoms with Crippen LogP contribution in [0, 0.1) is 5.41 Å². The monoisotopic (exact) mass is 220 g/mol. The van der Waals surface area contributed by atoms with Gasteiger partial charge in [-0.05, 0) is 18.3 Å². The van der Waals surface area contributed by atoms with Crippen LogP contribution in [0.3, 0.4) is 0 Å². The van der Waals surface area contributed by atoms with Crippen molar-refractivity contribution in [3.63, 3.8) is 0 Å². The molecule has 11 heavy (non-hydrogen) atoms. The molecule has 0 atom stereocenters. The summed E-state index contributed by atoms with van der Waals surface area (Å²) in [5, 5.41) is 0. The van der Waals surface area contributed by atoms with Crippen molar-refractivity contribution in [1.29, 1.82) is 0 Å². The van der Waals surface area contributed by atoms with Gasteiger partial charge >= 0.3 is 0 Å². The Kier molecular flexibility index (Phi) is 4.10. The maximum absolute atomic E-state index is 3.68. The Morgan fingerprint density at radius 1 is 1.09 bits per heavy atom. The number of halogens is 1. The van der Waals surface area contributed by atoms with E-state index in [-0.39, 0.29) is 0 Å². The van der Waals surface area contributed by atoms with Crippen LogP contribution in [-0.2, 0) is 0 Å². The second-order valence-electron chi connectivity index (χ2n) is 4.81. The van der Waals surface area contributed by atoms with Crippen molar-refractivity contribution in [2.45, 2.75) is 58.2 Å². The van der Waals surface area contributed by atoms with E-state index in [1.165, 1.54) is 19.3 Å². The maximum Gasteiger partial charge on any atom is 0.0206 e. The van der Waals surface area contributed by atoms with Gasteiger partial charge in [0.1, 0.15) is 0 Å². The molecule has 0 nitrogen and oxygen atoms in total. The first-order chi connectivity index (χ1) is 4.77. The van der Waals surface area contributed by atoms with Crippen molar-refractivity contribution in [2.75, 3.05) is 0 Å². The quantitative estimate of drug-likeness (QED) is 0.618. The molecule has 0 unspecified atom stereocenters. The minimum atomic E-state index is 0.297. The van der Waals surface area contributed by atoms with Gasteiger partial charge in [-0.25, -0.2) is 0 Å². The summed E-state index contributed by atoms with van der Waals surface area (Å²) < 4.78 is 0.297. The molecule has 0 aromatic carbocycles. The van der Waals surface area contributed by atoms with Crippen LogP contribution in [0.15, 0.2) is 0 Å². The van der Waals surface area contributed by atoms with Crippen molar-refractivity contribution in [3.8, 4) is 0 Å². The van der Waals surface area contributed by atoms with E-state index in [1.54, 1.807) is 0 Å². The second kappa shape index (κ2) is 3.93. The summed E-state index contributed by atoms with van der Waals surface area (Å²) in [6.07, 6.45) is 3.85. The lowest BCUT2D eigenvalue weighted by atomic mass is 9.80. The highest BCUT2D eigenvalue weighted by molar-refractivity contribution is 9.10. The van der Waals surface area contributed by atoms with Crippen LogP contribution < -0.4 is 0 Å². The van der Waals surface area contributed by atoms with Crippen molar-refractivity contribution >= 4 is 15.9 Å². The highest BCUT2D eigenvalue weighted by atomic mass is 79.9. The van der Waals surface area contributed by atoms with E-state index in [9.17, 15) is 0 Å². The average Bonchev–Trinajstić information content (AvgIpc) is 1.55. The summed E-state index contributed by atoms with van der Waals surface area (Å²) in [6, 6.07) is 0. The lowest BCUT2D eigenvalue weighted by molar-refractivity contribution is 0.280. The minimum Gasteiger partial charge on any atom is -0.0859 e. The molecule has 0 N–H and O–H groups in total. The second-order valence-corrected chi connectivity index (χ2v) is 6.96. The molecule has 0 heterocycles. The molecule has 0 aliphatic rings. The van der Waals surface area contributed by atoms with E-state index < -0.39 is 0 Å². The summed E-state index contributed by atoms with van der Waals surface area (Å²) in [5.41, 5.74) is 0.488. The molecule has 0 spiro atoms. The summed E-state index contributed by atoms with van der Waals surface area (Å²) in [7, 11) is 0.